The number of aromatic nitrogens is 1. The van der Waals surface area contributed by atoms with Crippen LogP contribution in [0.4, 0.5) is 0 Å². The van der Waals surface area contributed by atoms with Gasteiger partial charge in [-0.2, -0.15) is 0 Å². The van der Waals surface area contributed by atoms with E-state index in [2.05, 4.69) is 6.07 Å². The number of pyridine rings is 1. The number of likely N-dealkylation sites (tertiary alicyclic amines) is 1. The molecule has 1 saturated heterocycles. The van der Waals surface area contributed by atoms with Crippen LogP contribution < -0.4 is 10.3 Å². The molecule has 0 atom stereocenters. The van der Waals surface area contributed by atoms with Gasteiger partial charge in [0.25, 0.3) is 11.5 Å². The molecule has 0 unspecified atom stereocenters. The standard InChI is InChI=1S/C21H24N2O3/c1-13-6-14(2)8-16(7-13)21(25)22-11-19(12-22)26-18-9-15(3)23(17-4-5-17)20(24)10-18/h6-10,17,19H,4-5,11-12H2,1-3H3. The zero-order valence-corrected chi connectivity index (χ0v) is 15.5. The Morgan fingerprint density at radius 1 is 1.00 bits per heavy atom. The highest BCUT2D eigenvalue weighted by atomic mass is 16.5. The van der Waals surface area contributed by atoms with Crippen LogP contribution in [0.3, 0.4) is 0 Å². The monoisotopic (exact) mass is 352 g/mol. The van der Waals surface area contributed by atoms with Crippen LogP contribution in [-0.2, 0) is 0 Å². The summed E-state index contributed by atoms with van der Waals surface area (Å²) in [5.74, 6) is 0.643. The van der Waals surface area contributed by atoms with Crippen LogP contribution in [0.2, 0.25) is 0 Å². The van der Waals surface area contributed by atoms with E-state index in [1.165, 1.54) is 0 Å². The van der Waals surface area contributed by atoms with Gasteiger partial charge < -0.3 is 14.2 Å². The number of ether oxygens (including phenoxy) is 1. The number of hydrogen-bond acceptors (Lipinski definition) is 3. The Morgan fingerprint density at radius 2 is 1.65 bits per heavy atom. The van der Waals surface area contributed by atoms with Crippen molar-refractivity contribution in [3.05, 3.63) is 63.1 Å². The van der Waals surface area contributed by atoms with Crippen molar-refractivity contribution >= 4 is 5.91 Å². The van der Waals surface area contributed by atoms with E-state index in [0.29, 0.717) is 24.9 Å². The third-order valence-corrected chi connectivity index (χ3v) is 5.05. The Hall–Kier alpha value is -2.56. The molecule has 4 rings (SSSR count). The van der Waals surface area contributed by atoms with E-state index >= 15 is 0 Å². The lowest BCUT2D eigenvalue weighted by Gasteiger charge is -2.39. The summed E-state index contributed by atoms with van der Waals surface area (Å²) in [6, 6.07) is 9.76. The second-order valence-corrected chi connectivity index (χ2v) is 7.60. The molecule has 1 aromatic heterocycles. The average molecular weight is 352 g/mol. The summed E-state index contributed by atoms with van der Waals surface area (Å²) in [6.45, 7) is 7.05. The molecule has 5 heteroatoms. The second-order valence-electron chi connectivity index (χ2n) is 7.60. The molecule has 5 nitrogen and oxygen atoms in total. The van der Waals surface area contributed by atoms with Crippen molar-refractivity contribution in [3.63, 3.8) is 0 Å². The van der Waals surface area contributed by atoms with Gasteiger partial charge in [-0.3, -0.25) is 9.59 Å². The third-order valence-electron chi connectivity index (χ3n) is 5.05. The quantitative estimate of drug-likeness (QED) is 0.850. The summed E-state index contributed by atoms with van der Waals surface area (Å²) in [5.41, 5.74) is 3.85. The number of aryl methyl sites for hydroxylation is 3. The lowest BCUT2D eigenvalue weighted by Crippen LogP contribution is -2.56. The van der Waals surface area contributed by atoms with Crippen molar-refractivity contribution in [2.45, 2.75) is 45.8 Å². The third kappa shape index (κ3) is 3.26. The molecule has 0 radical (unpaired) electrons. The molecular weight excluding hydrogens is 328 g/mol. The van der Waals surface area contributed by atoms with E-state index in [0.717, 1.165) is 35.2 Å². The van der Waals surface area contributed by atoms with Gasteiger partial charge in [0.1, 0.15) is 11.9 Å². The zero-order valence-electron chi connectivity index (χ0n) is 15.5. The van der Waals surface area contributed by atoms with E-state index < -0.39 is 0 Å². The number of nitrogens with zero attached hydrogens (tertiary/aromatic N) is 2. The molecule has 0 bridgehead atoms. The molecule has 2 aromatic rings. The first kappa shape index (κ1) is 16.9. The van der Waals surface area contributed by atoms with Gasteiger partial charge in [0.15, 0.2) is 0 Å². The summed E-state index contributed by atoms with van der Waals surface area (Å²) >= 11 is 0. The SMILES string of the molecule is Cc1cc(C)cc(C(=O)N2CC(Oc3cc(C)n(C4CC4)c(=O)c3)C2)c1. The van der Waals surface area contributed by atoms with Crippen molar-refractivity contribution < 1.29 is 9.53 Å². The number of carbonyl (C=O) groups excluding carboxylic acids is 1. The van der Waals surface area contributed by atoms with Crippen LogP contribution in [0.5, 0.6) is 5.75 Å². The van der Waals surface area contributed by atoms with Gasteiger partial charge in [0.05, 0.1) is 13.1 Å². The van der Waals surface area contributed by atoms with E-state index in [9.17, 15) is 9.59 Å². The molecule has 1 amide bonds. The Balaban J connectivity index is 1.39. The van der Waals surface area contributed by atoms with E-state index in [1.54, 1.807) is 11.0 Å². The minimum absolute atomic E-state index is 0.00462. The Labute approximate surface area is 153 Å². The maximum absolute atomic E-state index is 12.6. The van der Waals surface area contributed by atoms with Gasteiger partial charge in [-0.25, -0.2) is 0 Å². The van der Waals surface area contributed by atoms with Crippen LogP contribution in [0.25, 0.3) is 0 Å². The Kier molecular flexibility index (Phi) is 4.10. The summed E-state index contributed by atoms with van der Waals surface area (Å²) < 4.78 is 7.77. The van der Waals surface area contributed by atoms with Crippen LogP contribution in [0.1, 0.15) is 46.1 Å². The summed E-state index contributed by atoms with van der Waals surface area (Å²) in [7, 11) is 0. The molecule has 0 spiro atoms. The lowest BCUT2D eigenvalue weighted by molar-refractivity contribution is 0.0176. The van der Waals surface area contributed by atoms with Crippen LogP contribution in [-0.4, -0.2) is 34.6 Å². The number of hydrogen-bond donors (Lipinski definition) is 0. The van der Waals surface area contributed by atoms with Gasteiger partial charge in [-0.15, -0.1) is 0 Å². The predicted molar refractivity (Wildman–Crippen MR) is 99.9 cm³/mol. The molecule has 1 aliphatic carbocycles. The minimum atomic E-state index is -0.0552. The summed E-state index contributed by atoms with van der Waals surface area (Å²) in [4.78, 5) is 26.6. The summed E-state index contributed by atoms with van der Waals surface area (Å²) in [6.07, 6.45) is 2.11. The molecule has 2 heterocycles. The fourth-order valence-corrected chi connectivity index (χ4v) is 3.70. The molecule has 2 fully saturated rings. The van der Waals surface area contributed by atoms with Gasteiger partial charge in [-0.1, -0.05) is 17.2 Å². The number of carbonyl (C=O) groups is 1. The number of amides is 1. The van der Waals surface area contributed by atoms with Crippen molar-refractivity contribution in [1.29, 1.82) is 0 Å². The van der Waals surface area contributed by atoms with Crippen LogP contribution in [0.15, 0.2) is 35.1 Å². The first-order valence-electron chi connectivity index (χ1n) is 9.18. The largest absolute Gasteiger partial charge is 0.486 e. The molecular formula is C21H24N2O3. The molecule has 1 aliphatic heterocycles. The van der Waals surface area contributed by atoms with Crippen LogP contribution >= 0.6 is 0 Å². The maximum Gasteiger partial charge on any atom is 0.254 e. The fourth-order valence-electron chi connectivity index (χ4n) is 3.70. The predicted octanol–water partition coefficient (Wildman–Crippen LogP) is 3.01. The average Bonchev–Trinajstić information content (AvgIpc) is 3.33. The fraction of sp³-hybridized carbons (Fsp3) is 0.429. The molecule has 1 saturated carbocycles. The molecule has 26 heavy (non-hydrogen) atoms. The molecule has 1 aromatic carbocycles. The zero-order chi connectivity index (χ0) is 18.4. The van der Waals surface area contributed by atoms with Gasteiger partial charge >= 0.3 is 0 Å². The van der Waals surface area contributed by atoms with Crippen LogP contribution in [0, 0.1) is 20.8 Å². The molecule has 136 valence electrons. The first-order chi connectivity index (χ1) is 12.4. The van der Waals surface area contributed by atoms with Gasteiger partial charge in [0.2, 0.25) is 0 Å². The smallest absolute Gasteiger partial charge is 0.254 e. The van der Waals surface area contributed by atoms with E-state index in [-0.39, 0.29) is 17.6 Å². The van der Waals surface area contributed by atoms with E-state index in [4.69, 9.17) is 4.74 Å². The Bertz CT molecular complexity index is 901. The topological polar surface area (TPSA) is 51.5 Å². The molecule has 2 aliphatic rings. The van der Waals surface area contributed by atoms with Crippen molar-refractivity contribution in [1.82, 2.24) is 9.47 Å². The summed E-state index contributed by atoms with van der Waals surface area (Å²) in [5, 5.41) is 0. The highest BCUT2D eigenvalue weighted by Crippen LogP contribution is 2.35. The van der Waals surface area contributed by atoms with Gasteiger partial charge in [0, 0.05) is 23.4 Å². The normalized spacial score (nSPS) is 17.1. The number of rotatable bonds is 4. The highest BCUT2D eigenvalue weighted by molar-refractivity contribution is 5.95. The minimum Gasteiger partial charge on any atom is -0.486 e. The highest BCUT2D eigenvalue weighted by Gasteiger charge is 2.33. The maximum atomic E-state index is 12.6. The second kappa shape index (κ2) is 6.31. The van der Waals surface area contributed by atoms with E-state index in [1.807, 2.05) is 43.5 Å². The Morgan fingerprint density at radius 3 is 2.23 bits per heavy atom. The molecule has 0 N–H and O–H groups in total. The van der Waals surface area contributed by atoms with Crippen molar-refractivity contribution in [2.75, 3.05) is 13.1 Å². The van der Waals surface area contributed by atoms with Crippen molar-refractivity contribution in [2.24, 2.45) is 0 Å². The lowest BCUT2D eigenvalue weighted by atomic mass is 10.0. The first-order valence-corrected chi connectivity index (χ1v) is 9.18. The van der Waals surface area contributed by atoms with Gasteiger partial charge in [-0.05, 0) is 51.8 Å². The number of benzene rings is 1. The van der Waals surface area contributed by atoms with Crippen molar-refractivity contribution in [3.8, 4) is 5.75 Å².